The molecule has 24 heavy (non-hydrogen) atoms. The highest BCUT2D eigenvalue weighted by molar-refractivity contribution is 7.18. The van der Waals surface area contributed by atoms with Crippen LogP contribution in [0.2, 0.25) is 0 Å². The fourth-order valence-electron chi connectivity index (χ4n) is 2.37. The SMILES string of the molecule is CCOC(=O)c1cccc(C/C=C/c2csc3c(N)ncnc23)c1. The molecular weight excluding hydrogens is 322 g/mol. The number of hydrogen-bond donors (Lipinski definition) is 1. The Hall–Kier alpha value is -2.73. The average Bonchev–Trinajstić information content (AvgIpc) is 3.00. The third kappa shape index (κ3) is 3.44. The van der Waals surface area contributed by atoms with Crippen LogP contribution in [0.3, 0.4) is 0 Å². The Bertz CT molecular complexity index is 902. The number of aromatic nitrogens is 2. The molecule has 3 rings (SSSR count). The van der Waals surface area contributed by atoms with Crippen LogP contribution in [0.25, 0.3) is 16.3 Å². The van der Waals surface area contributed by atoms with Crippen LogP contribution in [0.1, 0.15) is 28.4 Å². The molecule has 0 fully saturated rings. The summed E-state index contributed by atoms with van der Waals surface area (Å²) in [6.45, 7) is 2.17. The first kappa shape index (κ1) is 16.1. The largest absolute Gasteiger partial charge is 0.462 e. The molecule has 2 N–H and O–H groups in total. The third-order valence-corrected chi connectivity index (χ3v) is 4.51. The van der Waals surface area contributed by atoms with Crippen LogP contribution in [0, 0.1) is 0 Å². The molecule has 122 valence electrons. The molecule has 0 bridgehead atoms. The number of esters is 1. The van der Waals surface area contributed by atoms with Gasteiger partial charge >= 0.3 is 5.97 Å². The number of nitrogens with two attached hydrogens (primary N) is 1. The number of nitrogen functional groups attached to an aromatic ring is 1. The van der Waals surface area contributed by atoms with Gasteiger partial charge in [0, 0.05) is 10.9 Å². The van der Waals surface area contributed by atoms with Crippen molar-refractivity contribution in [3.63, 3.8) is 0 Å². The molecule has 6 heteroatoms. The maximum atomic E-state index is 11.8. The Balaban J connectivity index is 1.75. The van der Waals surface area contributed by atoms with Crippen molar-refractivity contribution in [2.45, 2.75) is 13.3 Å². The van der Waals surface area contributed by atoms with E-state index in [4.69, 9.17) is 10.5 Å². The molecule has 0 unspecified atom stereocenters. The summed E-state index contributed by atoms with van der Waals surface area (Å²) < 4.78 is 5.93. The smallest absolute Gasteiger partial charge is 0.338 e. The van der Waals surface area contributed by atoms with Crippen molar-refractivity contribution in [2.75, 3.05) is 12.3 Å². The number of hydrogen-bond acceptors (Lipinski definition) is 6. The number of thiophene rings is 1. The van der Waals surface area contributed by atoms with E-state index in [9.17, 15) is 4.79 Å². The second kappa shape index (κ2) is 7.23. The molecule has 0 saturated heterocycles. The molecule has 0 aliphatic heterocycles. The van der Waals surface area contributed by atoms with Gasteiger partial charge < -0.3 is 10.5 Å². The number of carbonyl (C=O) groups is 1. The van der Waals surface area contributed by atoms with Gasteiger partial charge in [0.05, 0.1) is 22.4 Å². The number of allylic oxidation sites excluding steroid dienone is 1. The van der Waals surface area contributed by atoms with Crippen molar-refractivity contribution in [3.05, 3.63) is 58.7 Å². The first-order valence-electron chi connectivity index (χ1n) is 7.59. The number of nitrogens with zero attached hydrogens (tertiary/aromatic N) is 2. The van der Waals surface area contributed by atoms with Gasteiger partial charge in [-0.25, -0.2) is 14.8 Å². The van der Waals surface area contributed by atoms with E-state index in [1.165, 1.54) is 17.7 Å². The van der Waals surface area contributed by atoms with Crippen LogP contribution in [-0.2, 0) is 11.2 Å². The van der Waals surface area contributed by atoms with Gasteiger partial charge in [-0.3, -0.25) is 0 Å². The molecule has 5 nitrogen and oxygen atoms in total. The molecule has 1 aromatic carbocycles. The minimum absolute atomic E-state index is 0.292. The van der Waals surface area contributed by atoms with Gasteiger partial charge in [0.15, 0.2) is 0 Å². The highest BCUT2D eigenvalue weighted by Gasteiger charge is 2.07. The van der Waals surface area contributed by atoms with Gasteiger partial charge in [-0.15, -0.1) is 11.3 Å². The number of rotatable bonds is 5. The van der Waals surface area contributed by atoms with Crippen LogP contribution in [0.5, 0.6) is 0 Å². The molecular formula is C18H17N3O2S. The molecule has 0 amide bonds. The molecule has 0 spiro atoms. The Kier molecular flexibility index (Phi) is 4.86. The maximum absolute atomic E-state index is 11.8. The fourth-order valence-corrected chi connectivity index (χ4v) is 3.26. The Morgan fingerprint density at radius 2 is 2.25 bits per heavy atom. The maximum Gasteiger partial charge on any atom is 0.338 e. The lowest BCUT2D eigenvalue weighted by molar-refractivity contribution is 0.0526. The van der Waals surface area contributed by atoms with E-state index in [0.29, 0.717) is 24.4 Å². The molecule has 3 aromatic rings. The van der Waals surface area contributed by atoms with Gasteiger partial charge in [0.25, 0.3) is 0 Å². The lowest BCUT2D eigenvalue weighted by atomic mass is 10.1. The Morgan fingerprint density at radius 1 is 1.38 bits per heavy atom. The number of benzene rings is 1. The highest BCUT2D eigenvalue weighted by atomic mass is 32.1. The zero-order valence-corrected chi connectivity index (χ0v) is 14.0. The Morgan fingerprint density at radius 3 is 3.08 bits per heavy atom. The molecule has 0 saturated carbocycles. The normalized spacial score (nSPS) is 11.2. The lowest BCUT2D eigenvalue weighted by Crippen LogP contribution is -2.04. The highest BCUT2D eigenvalue weighted by Crippen LogP contribution is 2.28. The summed E-state index contributed by atoms with van der Waals surface area (Å²) in [4.78, 5) is 20.1. The molecule has 0 aliphatic rings. The van der Waals surface area contributed by atoms with Crippen molar-refractivity contribution < 1.29 is 9.53 Å². The van der Waals surface area contributed by atoms with E-state index in [0.717, 1.165) is 21.3 Å². The van der Waals surface area contributed by atoms with Gasteiger partial charge in [-0.2, -0.15) is 0 Å². The first-order chi connectivity index (χ1) is 11.7. The summed E-state index contributed by atoms with van der Waals surface area (Å²) in [6.07, 6.45) is 6.25. The van der Waals surface area contributed by atoms with E-state index < -0.39 is 0 Å². The van der Waals surface area contributed by atoms with Crippen molar-refractivity contribution in [1.82, 2.24) is 9.97 Å². The van der Waals surface area contributed by atoms with Crippen LogP contribution in [0.4, 0.5) is 5.82 Å². The van der Waals surface area contributed by atoms with Crippen molar-refractivity contribution in [2.24, 2.45) is 0 Å². The van der Waals surface area contributed by atoms with E-state index in [1.54, 1.807) is 13.0 Å². The second-order valence-corrected chi connectivity index (χ2v) is 6.03. The summed E-state index contributed by atoms with van der Waals surface area (Å²) in [6, 6.07) is 7.47. The number of fused-ring (bicyclic) bond motifs is 1. The molecule has 0 radical (unpaired) electrons. The van der Waals surface area contributed by atoms with Crippen molar-refractivity contribution >= 4 is 39.4 Å². The molecule has 2 heterocycles. The van der Waals surface area contributed by atoms with E-state index in [-0.39, 0.29) is 5.97 Å². The zero-order valence-electron chi connectivity index (χ0n) is 13.2. The van der Waals surface area contributed by atoms with E-state index in [1.807, 2.05) is 35.7 Å². The minimum Gasteiger partial charge on any atom is -0.462 e. The van der Waals surface area contributed by atoms with Crippen LogP contribution in [-0.4, -0.2) is 22.5 Å². The second-order valence-electron chi connectivity index (χ2n) is 5.16. The minimum atomic E-state index is -0.292. The summed E-state index contributed by atoms with van der Waals surface area (Å²) in [7, 11) is 0. The average molecular weight is 339 g/mol. The quantitative estimate of drug-likeness (QED) is 0.717. The predicted octanol–water partition coefficient (Wildman–Crippen LogP) is 3.71. The molecule has 0 atom stereocenters. The van der Waals surface area contributed by atoms with Crippen molar-refractivity contribution in [3.8, 4) is 0 Å². The van der Waals surface area contributed by atoms with Crippen LogP contribution < -0.4 is 5.73 Å². The fraction of sp³-hybridized carbons (Fsp3) is 0.167. The molecule has 2 aromatic heterocycles. The van der Waals surface area contributed by atoms with Crippen molar-refractivity contribution in [1.29, 1.82) is 0 Å². The number of anilines is 1. The Labute approximate surface area is 143 Å². The summed E-state index contributed by atoms with van der Waals surface area (Å²) >= 11 is 1.54. The van der Waals surface area contributed by atoms with Gasteiger partial charge in [0.1, 0.15) is 12.1 Å². The first-order valence-corrected chi connectivity index (χ1v) is 8.47. The van der Waals surface area contributed by atoms with Gasteiger partial charge in [-0.05, 0) is 31.0 Å². The summed E-state index contributed by atoms with van der Waals surface area (Å²) in [5, 5.41) is 2.02. The number of ether oxygens (including phenoxy) is 1. The van der Waals surface area contributed by atoms with Gasteiger partial charge in [-0.1, -0.05) is 24.3 Å². The van der Waals surface area contributed by atoms with Gasteiger partial charge in [0.2, 0.25) is 0 Å². The van der Waals surface area contributed by atoms with Crippen LogP contribution in [0.15, 0.2) is 42.0 Å². The number of carbonyl (C=O) groups excluding carboxylic acids is 1. The summed E-state index contributed by atoms with van der Waals surface area (Å²) in [5.41, 5.74) is 9.35. The monoisotopic (exact) mass is 339 g/mol. The predicted molar refractivity (Wildman–Crippen MR) is 97.0 cm³/mol. The van der Waals surface area contributed by atoms with E-state index >= 15 is 0 Å². The van der Waals surface area contributed by atoms with E-state index in [2.05, 4.69) is 9.97 Å². The zero-order chi connectivity index (χ0) is 16.9. The standard InChI is InChI=1S/C18H17N3O2S/c1-2-23-18(22)13-7-3-5-12(9-13)6-4-8-14-10-24-16-15(14)20-11-21-17(16)19/h3-5,7-11H,2,6H2,1H3,(H2,19,20,21)/b8-4+. The van der Waals surface area contributed by atoms with Crippen LogP contribution >= 0.6 is 11.3 Å². The topological polar surface area (TPSA) is 78.1 Å². The summed E-state index contributed by atoms with van der Waals surface area (Å²) in [5.74, 6) is 0.214. The lowest BCUT2D eigenvalue weighted by Gasteiger charge is -2.03. The third-order valence-electron chi connectivity index (χ3n) is 3.50. The molecule has 0 aliphatic carbocycles.